The highest BCUT2D eigenvalue weighted by Gasteiger charge is 2.30. The summed E-state index contributed by atoms with van der Waals surface area (Å²) < 4.78 is 17.4. The lowest BCUT2D eigenvalue weighted by atomic mass is 10.0. The van der Waals surface area contributed by atoms with E-state index in [1.54, 1.807) is 43.0 Å². The van der Waals surface area contributed by atoms with Gasteiger partial charge in [0.05, 0.1) is 23.0 Å². The third-order valence-electron chi connectivity index (χ3n) is 7.15. The minimum Gasteiger partial charge on any atom is -0.399 e. The molecule has 0 atom stereocenters. The normalized spacial score (nSPS) is 14.1. The Balaban J connectivity index is 1.65. The minimum absolute atomic E-state index is 0.0271. The van der Waals surface area contributed by atoms with Gasteiger partial charge in [-0.2, -0.15) is 0 Å². The van der Waals surface area contributed by atoms with Gasteiger partial charge in [0.15, 0.2) is 0 Å². The van der Waals surface area contributed by atoms with Gasteiger partial charge < -0.3 is 15.5 Å². The van der Waals surface area contributed by atoms with Gasteiger partial charge in [-0.15, -0.1) is 0 Å². The van der Waals surface area contributed by atoms with Crippen LogP contribution in [0.4, 0.5) is 21.7 Å². The lowest BCUT2D eigenvalue weighted by Crippen LogP contribution is -2.39. The van der Waals surface area contributed by atoms with E-state index in [2.05, 4.69) is 4.98 Å². The summed E-state index contributed by atoms with van der Waals surface area (Å²) in [7, 11) is 3.60. The molecule has 1 aliphatic heterocycles. The van der Waals surface area contributed by atoms with Gasteiger partial charge in [0.25, 0.3) is 5.56 Å². The second-order valence-electron chi connectivity index (χ2n) is 9.53. The number of amides is 1. The highest BCUT2D eigenvalue weighted by atomic mass is 19.1. The zero-order valence-electron chi connectivity index (χ0n) is 21.6. The van der Waals surface area contributed by atoms with Crippen LogP contribution in [0.25, 0.3) is 22.5 Å². The number of aromatic nitrogens is 4. The highest BCUT2D eigenvalue weighted by molar-refractivity contribution is 5.80. The number of anilines is 3. The standard InChI is InChI=1S/C28H30FN7O2/c1-18(37)35-16-13-23(14-17-35)36-26(25(27(38)34(36)3)19-4-6-20(29)7-5-19)24-12-15-31-28(32-24)33(2)22-10-8-21(30)9-11-22/h4-12,15,23H,13-14,16-17,30H2,1-3H3. The number of halogens is 1. The summed E-state index contributed by atoms with van der Waals surface area (Å²) in [4.78, 5) is 38.6. The molecule has 4 aromatic rings. The van der Waals surface area contributed by atoms with Gasteiger partial charge in [-0.3, -0.25) is 19.0 Å². The lowest BCUT2D eigenvalue weighted by molar-refractivity contribution is -0.130. The largest absolute Gasteiger partial charge is 0.399 e. The minimum atomic E-state index is -0.377. The molecule has 1 fully saturated rings. The van der Waals surface area contributed by atoms with E-state index in [0.29, 0.717) is 60.1 Å². The van der Waals surface area contributed by atoms with E-state index in [-0.39, 0.29) is 23.3 Å². The molecular weight excluding hydrogens is 485 g/mol. The second-order valence-corrected chi connectivity index (χ2v) is 9.53. The summed E-state index contributed by atoms with van der Waals surface area (Å²) in [5, 5.41) is 0. The molecule has 2 aromatic carbocycles. The maximum atomic E-state index is 13.8. The van der Waals surface area contributed by atoms with Gasteiger partial charge in [0.1, 0.15) is 5.82 Å². The van der Waals surface area contributed by atoms with Crippen molar-refractivity contribution in [3.63, 3.8) is 0 Å². The van der Waals surface area contributed by atoms with Crippen molar-refractivity contribution in [1.29, 1.82) is 0 Å². The average molecular weight is 516 g/mol. The third-order valence-corrected chi connectivity index (χ3v) is 7.15. The molecule has 38 heavy (non-hydrogen) atoms. The fourth-order valence-corrected chi connectivity index (χ4v) is 5.06. The molecule has 2 aromatic heterocycles. The molecule has 0 spiro atoms. The monoisotopic (exact) mass is 515 g/mol. The van der Waals surface area contributed by atoms with Crippen LogP contribution in [-0.2, 0) is 11.8 Å². The maximum absolute atomic E-state index is 13.8. The van der Waals surface area contributed by atoms with Crippen molar-refractivity contribution in [2.75, 3.05) is 30.8 Å². The van der Waals surface area contributed by atoms with Gasteiger partial charge in [-0.05, 0) is 60.9 Å². The Bertz CT molecular complexity index is 1520. The molecule has 0 unspecified atom stereocenters. The summed E-state index contributed by atoms with van der Waals surface area (Å²) in [5.74, 6) is 0.118. The fourth-order valence-electron chi connectivity index (χ4n) is 5.06. The van der Waals surface area contributed by atoms with Crippen LogP contribution in [0, 0.1) is 5.82 Å². The number of carbonyl (C=O) groups excluding carboxylic acids is 1. The van der Waals surface area contributed by atoms with Crippen LogP contribution in [0.3, 0.4) is 0 Å². The number of nitrogen functional groups attached to an aromatic ring is 1. The van der Waals surface area contributed by atoms with Crippen LogP contribution in [0.5, 0.6) is 0 Å². The van der Waals surface area contributed by atoms with Crippen molar-refractivity contribution < 1.29 is 9.18 Å². The van der Waals surface area contributed by atoms with Crippen molar-refractivity contribution in [2.24, 2.45) is 7.05 Å². The average Bonchev–Trinajstić information content (AvgIpc) is 3.19. The number of nitrogens with zero attached hydrogens (tertiary/aromatic N) is 6. The molecule has 0 saturated carbocycles. The lowest BCUT2D eigenvalue weighted by Gasteiger charge is -2.33. The van der Waals surface area contributed by atoms with Crippen molar-refractivity contribution in [1.82, 2.24) is 24.2 Å². The first kappa shape index (κ1) is 25.2. The molecule has 1 saturated heterocycles. The molecular formula is C28H30FN7O2. The van der Waals surface area contributed by atoms with E-state index in [4.69, 9.17) is 10.7 Å². The van der Waals surface area contributed by atoms with Crippen molar-refractivity contribution in [2.45, 2.75) is 25.8 Å². The van der Waals surface area contributed by atoms with Gasteiger partial charge in [-0.1, -0.05) is 12.1 Å². The van der Waals surface area contributed by atoms with E-state index in [1.165, 1.54) is 12.1 Å². The van der Waals surface area contributed by atoms with E-state index in [9.17, 15) is 14.0 Å². The summed E-state index contributed by atoms with van der Waals surface area (Å²) >= 11 is 0. The number of nitrogens with two attached hydrogens (primary N) is 1. The summed E-state index contributed by atoms with van der Waals surface area (Å²) in [6.07, 6.45) is 3.06. The van der Waals surface area contributed by atoms with E-state index < -0.39 is 0 Å². The molecule has 0 radical (unpaired) electrons. The molecule has 2 N–H and O–H groups in total. The van der Waals surface area contributed by atoms with Crippen LogP contribution in [0.2, 0.25) is 0 Å². The zero-order chi connectivity index (χ0) is 27.0. The first-order valence-electron chi connectivity index (χ1n) is 12.5. The number of piperidine rings is 1. The van der Waals surface area contributed by atoms with Crippen LogP contribution >= 0.6 is 0 Å². The predicted molar refractivity (Wildman–Crippen MR) is 146 cm³/mol. The number of rotatable bonds is 5. The number of likely N-dealkylation sites (tertiary alicyclic amines) is 1. The number of hydrogen-bond donors (Lipinski definition) is 1. The van der Waals surface area contributed by atoms with Gasteiger partial charge in [0.2, 0.25) is 11.9 Å². The van der Waals surface area contributed by atoms with Crippen molar-refractivity contribution >= 4 is 23.2 Å². The fraction of sp³-hybridized carbons (Fsp3) is 0.286. The van der Waals surface area contributed by atoms with Crippen LogP contribution in [-0.4, -0.2) is 50.3 Å². The van der Waals surface area contributed by atoms with Crippen LogP contribution < -0.4 is 16.2 Å². The number of benzene rings is 2. The number of hydrogen-bond acceptors (Lipinski definition) is 6. The zero-order valence-corrected chi connectivity index (χ0v) is 21.6. The highest BCUT2D eigenvalue weighted by Crippen LogP contribution is 2.35. The van der Waals surface area contributed by atoms with Crippen molar-refractivity contribution in [3.05, 3.63) is 77.0 Å². The Kier molecular flexibility index (Phi) is 6.71. The Hall–Kier alpha value is -4.47. The Labute approximate surface area is 219 Å². The topological polar surface area (TPSA) is 102 Å². The van der Waals surface area contributed by atoms with Gasteiger partial charge in [0, 0.05) is 51.7 Å². The van der Waals surface area contributed by atoms with Crippen LogP contribution in [0.1, 0.15) is 25.8 Å². The summed E-state index contributed by atoms with van der Waals surface area (Å²) in [6, 6.07) is 15.1. The number of carbonyl (C=O) groups is 1. The summed E-state index contributed by atoms with van der Waals surface area (Å²) in [5.41, 5.74) is 9.42. The molecule has 9 nitrogen and oxygen atoms in total. The van der Waals surface area contributed by atoms with E-state index in [1.807, 2.05) is 45.8 Å². The van der Waals surface area contributed by atoms with E-state index >= 15 is 0 Å². The van der Waals surface area contributed by atoms with Crippen molar-refractivity contribution in [3.8, 4) is 22.5 Å². The SMILES string of the molecule is CC(=O)N1CCC(n2c(-c3ccnc(N(C)c4ccc(N)cc4)n3)c(-c3ccc(F)cc3)c(=O)n2C)CC1. The molecule has 10 heteroatoms. The molecule has 3 heterocycles. The first-order chi connectivity index (χ1) is 18.2. The molecule has 1 amide bonds. The molecule has 5 rings (SSSR count). The molecule has 196 valence electrons. The van der Waals surface area contributed by atoms with E-state index in [0.717, 1.165) is 5.69 Å². The van der Waals surface area contributed by atoms with Gasteiger partial charge >= 0.3 is 0 Å². The molecule has 0 bridgehead atoms. The maximum Gasteiger partial charge on any atom is 0.274 e. The molecule has 1 aliphatic rings. The molecule has 0 aliphatic carbocycles. The Morgan fingerprint density at radius 3 is 2.34 bits per heavy atom. The first-order valence-corrected chi connectivity index (χ1v) is 12.5. The quantitative estimate of drug-likeness (QED) is 0.404. The Morgan fingerprint density at radius 2 is 1.71 bits per heavy atom. The van der Waals surface area contributed by atoms with Gasteiger partial charge in [-0.25, -0.2) is 14.4 Å². The second kappa shape index (κ2) is 10.1. The third kappa shape index (κ3) is 4.65. The van der Waals surface area contributed by atoms with Crippen LogP contribution in [0.15, 0.2) is 65.6 Å². The predicted octanol–water partition coefficient (Wildman–Crippen LogP) is 3.98. The Morgan fingerprint density at radius 1 is 1.05 bits per heavy atom. The smallest absolute Gasteiger partial charge is 0.274 e. The summed E-state index contributed by atoms with van der Waals surface area (Å²) in [6.45, 7) is 2.78.